The van der Waals surface area contributed by atoms with E-state index in [0.29, 0.717) is 48.1 Å². The number of benzene rings is 1. The fraction of sp³-hybridized carbons (Fsp3) is 0.419. The summed E-state index contributed by atoms with van der Waals surface area (Å²) in [7, 11) is 3.35. The summed E-state index contributed by atoms with van der Waals surface area (Å²) in [5, 5.41) is 18.0. The number of rotatable bonds is 13. The number of aromatic nitrogens is 6. The molecule has 0 amide bonds. The van der Waals surface area contributed by atoms with Gasteiger partial charge in [-0.3, -0.25) is 14.0 Å². The van der Waals surface area contributed by atoms with Crippen molar-refractivity contribution in [3.8, 4) is 28.1 Å². The summed E-state index contributed by atoms with van der Waals surface area (Å²) in [5.74, 6) is 0.172. The van der Waals surface area contributed by atoms with Crippen LogP contribution in [0.1, 0.15) is 44.1 Å². The molecule has 228 valence electrons. The Hall–Kier alpha value is -4.74. The quantitative estimate of drug-likeness (QED) is 0.235. The van der Waals surface area contributed by atoms with Crippen LogP contribution in [0, 0.1) is 13.8 Å². The number of aryl methyl sites for hydroxylation is 3. The molecular weight excluding hydrogens is 548 g/mol. The lowest BCUT2D eigenvalue weighted by Gasteiger charge is -2.22. The normalized spacial score (nSPS) is 11.8. The fourth-order valence-corrected chi connectivity index (χ4v) is 5.17. The molecule has 0 unspecified atom stereocenters. The molecule has 1 aromatic carbocycles. The number of carboxylic acids is 1. The predicted molar refractivity (Wildman–Crippen MR) is 167 cm³/mol. The second kappa shape index (κ2) is 13.5. The van der Waals surface area contributed by atoms with Gasteiger partial charge >= 0.3 is 5.97 Å². The van der Waals surface area contributed by atoms with Gasteiger partial charge in [0.1, 0.15) is 23.8 Å². The molecule has 3 heterocycles. The molecule has 12 nitrogen and oxygen atoms in total. The average molecular weight is 589 g/mol. The second-order valence-electron chi connectivity index (χ2n) is 10.3. The van der Waals surface area contributed by atoms with Crippen molar-refractivity contribution in [2.75, 3.05) is 30.4 Å². The zero-order valence-corrected chi connectivity index (χ0v) is 25.9. The van der Waals surface area contributed by atoms with Crippen molar-refractivity contribution in [1.29, 1.82) is 0 Å². The molecule has 0 radical (unpaired) electrons. The van der Waals surface area contributed by atoms with Crippen LogP contribution in [-0.4, -0.2) is 66.6 Å². The summed E-state index contributed by atoms with van der Waals surface area (Å²) in [6.45, 7) is 11.9. The van der Waals surface area contributed by atoms with E-state index in [4.69, 9.17) is 9.72 Å². The highest BCUT2D eigenvalue weighted by Gasteiger charge is 2.25. The maximum absolute atomic E-state index is 13.1. The SMILES string of the molecule is CCCn1cnc(OC)c(-c2ccc(C[C@H](Nc3nc(N(CC)CC)ncc3-c3c(C)nn(C)c3C)C(=O)O)cc2)c1=O. The van der Waals surface area contributed by atoms with Crippen LogP contribution in [0.5, 0.6) is 5.88 Å². The van der Waals surface area contributed by atoms with Gasteiger partial charge in [0, 0.05) is 56.1 Å². The number of methoxy groups -OCH3 is 1. The monoisotopic (exact) mass is 588 g/mol. The summed E-state index contributed by atoms with van der Waals surface area (Å²) in [4.78, 5) is 41.4. The zero-order valence-electron chi connectivity index (χ0n) is 25.9. The van der Waals surface area contributed by atoms with Crippen molar-refractivity contribution in [2.24, 2.45) is 7.05 Å². The molecular formula is C31H40N8O4. The number of hydrogen-bond acceptors (Lipinski definition) is 9. The first kappa shape index (κ1) is 31.2. The maximum atomic E-state index is 13.1. The molecule has 0 aliphatic heterocycles. The van der Waals surface area contributed by atoms with Crippen molar-refractivity contribution in [3.63, 3.8) is 0 Å². The average Bonchev–Trinajstić information content (AvgIpc) is 3.25. The van der Waals surface area contributed by atoms with Crippen LogP contribution < -0.4 is 20.5 Å². The third-order valence-electron chi connectivity index (χ3n) is 7.55. The van der Waals surface area contributed by atoms with Crippen LogP contribution in [0.4, 0.5) is 11.8 Å². The molecule has 4 rings (SSSR count). The highest BCUT2D eigenvalue weighted by atomic mass is 16.5. The van der Waals surface area contributed by atoms with Gasteiger partial charge < -0.3 is 20.1 Å². The van der Waals surface area contributed by atoms with E-state index < -0.39 is 12.0 Å². The summed E-state index contributed by atoms with van der Waals surface area (Å²) >= 11 is 0. The van der Waals surface area contributed by atoms with Gasteiger partial charge in [-0.05, 0) is 45.2 Å². The van der Waals surface area contributed by atoms with Gasteiger partial charge in [-0.1, -0.05) is 31.2 Å². The molecule has 0 spiro atoms. The van der Waals surface area contributed by atoms with Gasteiger partial charge in [0.05, 0.1) is 12.8 Å². The minimum absolute atomic E-state index is 0.176. The molecule has 1 atom stereocenters. The molecule has 3 aromatic heterocycles. The second-order valence-corrected chi connectivity index (χ2v) is 10.3. The Morgan fingerprint density at radius 2 is 1.79 bits per heavy atom. The first-order chi connectivity index (χ1) is 20.6. The Kier molecular flexibility index (Phi) is 9.79. The topological polar surface area (TPSA) is 140 Å². The Morgan fingerprint density at radius 1 is 1.09 bits per heavy atom. The number of aliphatic carboxylic acids is 1. The Bertz CT molecular complexity index is 1640. The van der Waals surface area contributed by atoms with Crippen molar-refractivity contribution >= 4 is 17.7 Å². The van der Waals surface area contributed by atoms with E-state index in [1.807, 2.05) is 58.7 Å². The smallest absolute Gasteiger partial charge is 0.326 e. The van der Waals surface area contributed by atoms with Crippen molar-refractivity contribution in [2.45, 2.75) is 60.0 Å². The Balaban J connectivity index is 1.69. The van der Waals surface area contributed by atoms with E-state index >= 15 is 0 Å². The molecule has 0 saturated carbocycles. The van der Waals surface area contributed by atoms with Gasteiger partial charge in [-0.2, -0.15) is 10.1 Å². The van der Waals surface area contributed by atoms with Gasteiger partial charge in [-0.15, -0.1) is 0 Å². The highest BCUT2D eigenvalue weighted by Crippen LogP contribution is 2.33. The van der Waals surface area contributed by atoms with Crippen LogP contribution in [0.3, 0.4) is 0 Å². The molecule has 0 aliphatic rings. The summed E-state index contributed by atoms with van der Waals surface area (Å²) in [5.41, 5.74) is 4.87. The Morgan fingerprint density at radius 3 is 2.35 bits per heavy atom. The highest BCUT2D eigenvalue weighted by molar-refractivity contribution is 5.83. The van der Waals surface area contributed by atoms with Crippen LogP contribution in [0.15, 0.2) is 41.6 Å². The molecule has 12 heteroatoms. The fourth-order valence-electron chi connectivity index (χ4n) is 5.17. The summed E-state index contributed by atoms with van der Waals surface area (Å²) < 4.78 is 8.73. The third kappa shape index (κ3) is 6.52. The minimum Gasteiger partial charge on any atom is -0.480 e. The molecule has 0 aliphatic carbocycles. The van der Waals surface area contributed by atoms with Crippen molar-refractivity contribution < 1.29 is 14.6 Å². The van der Waals surface area contributed by atoms with Gasteiger partial charge in [0.2, 0.25) is 11.8 Å². The first-order valence-electron chi connectivity index (χ1n) is 14.5. The lowest BCUT2D eigenvalue weighted by atomic mass is 10.0. The van der Waals surface area contributed by atoms with E-state index in [-0.39, 0.29) is 17.9 Å². The van der Waals surface area contributed by atoms with Crippen LogP contribution in [0.25, 0.3) is 22.3 Å². The van der Waals surface area contributed by atoms with Crippen molar-refractivity contribution in [1.82, 2.24) is 29.3 Å². The number of nitrogens with one attached hydrogen (secondary N) is 1. The summed E-state index contributed by atoms with van der Waals surface area (Å²) in [6, 6.07) is 6.24. The minimum atomic E-state index is -1.02. The van der Waals surface area contributed by atoms with Gasteiger partial charge in [0.25, 0.3) is 5.56 Å². The molecule has 43 heavy (non-hydrogen) atoms. The zero-order chi connectivity index (χ0) is 31.3. The Labute approximate surface area is 251 Å². The number of hydrogen-bond donors (Lipinski definition) is 2. The van der Waals surface area contributed by atoms with Crippen LogP contribution in [0.2, 0.25) is 0 Å². The summed E-state index contributed by atoms with van der Waals surface area (Å²) in [6.07, 6.45) is 4.20. The van der Waals surface area contributed by atoms with E-state index in [0.717, 1.165) is 28.9 Å². The lowest BCUT2D eigenvalue weighted by molar-refractivity contribution is -0.137. The molecule has 2 N–H and O–H groups in total. The van der Waals surface area contributed by atoms with Crippen molar-refractivity contribution in [3.05, 3.63) is 64.1 Å². The molecule has 0 saturated heterocycles. The van der Waals surface area contributed by atoms with E-state index in [1.54, 1.807) is 27.6 Å². The number of anilines is 2. The van der Waals surface area contributed by atoms with Crippen LogP contribution >= 0.6 is 0 Å². The maximum Gasteiger partial charge on any atom is 0.326 e. The molecule has 0 fully saturated rings. The number of carbonyl (C=O) groups is 1. The predicted octanol–water partition coefficient (Wildman–Crippen LogP) is 4.09. The first-order valence-corrected chi connectivity index (χ1v) is 14.5. The number of ether oxygens (including phenoxy) is 1. The van der Waals surface area contributed by atoms with E-state index in [2.05, 4.69) is 20.4 Å². The number of nitrogens with zero attached hydrogens (tertiary/aromatic N) is 7. The third-order valence-corrected chi connectivity index (χ3v) is 7.55. The largest absolute Gasteiger partial charge is 0.480 e. The molecule has 0 bridgehead atoms. The van der Waals surface area contributed by atoms with Crippen LogP contribution in [-0.2, 0) is 24.8 Å². The standard InChI is InChI=1S/C31H40N8O4/c1-8-15-39-18-33-28(43-7)26(29(39)40)22-13-11-21(12-14-22)16-24(30(41)42)34-27-23(25-19(4)36-37(6)20(25)5)17-32-31(35-27)38(9-2)10-3/h11-14,17-18,24H,8-10,15-16H2,1-7H3,(H,41,42)(H,32,34,35)/t24-/m0/s1. The van der Waals surface area contributed by atoms with Gasteiger partial charge in [0.15, 0.2) is 0 Å². The van der Waals surface area contributed by atoms with Gasteiger partial charge in [-0.25, -0.2) is 14.8 Å². The van der Waals surface area contributed by atoms with E-state index in [9.17, 15) is 14.7 Å². The lowest BCUT2D eigenvalue weighted by Crippen LogP contribution is -2.33. The number of carboxylic acid groups (broad SMARTS) is 1. The molecule has 4 aromatic rings. The van der Waals surface area contributed by atoms with E-state index in [1.165, 1.54) is 13.4 Å².